The van der Waals surface area contributed by atoms with Crippen molar-refractivity contribution in [3.05, 3.63) is 86.0 Å². The number of carboxylic acids is 1. The van der Waals surface area contributed by atoms with Gasteiger partial charge in [0.05, 0.1) is 26.1 Å². The van der Waals surface area contributed by atoms with Gasteiger partial charge >= 0.3 is 5.97 Å². The van der Waals surface area contributed by atoms with Crippen molar-refractivity contribution in [2.24, 2.45) is 4.99 Å². The van der Waals surface area contributed by atoms with Crippen LogP contribution in [-0.2, 0) is 4.79 Å². The van der Waals surface area contributed by atoms with Crippen molar-refractivity contribution >= 4 is 57.9 Å². The molecule has 9 nitrogen and oxygen atoms in total. The van der Waals surface area contributed by atoms with Crippen molar-refractivity contribution in [3.63, 3.8) is 0 Å². The van der Waals surface area contributed by atoms with E-state index in [9.17, 15) is 19.7 Å². The quantitative estimate of drug-likeness (QED) is 0.301. The van der Waals surface area contributed by atoms with Crippen LogP contribution in [0.5, 0.6) is 0 Å². The summed E-state index contributed by atoms with van der Waals surface area (Å²) in [5.74, 6) is -0.780. The maximum absolute atomic E-state index is 12.3. The Morgan fingerprint density at radius 2 is 2.03 bits per heavy atom. The lowest BCUT2D eigenvalue weighted by Crippen LogP contribution is -2.19. The number of benzene rings is 2. The molecule has 2 heterocycles. The van der Waals surface area contributed by atoms with E-state index in [1.807, 2.05) is 0 Å². The van der Waals surface area contributed by atoms with Gasteiger partial charge in [-0.3, -0.25) is 14.9 Å². The van der Waals surface area contributed by atoms with Crippen LogP contribution in [0.4, 0.5) is 11.4 Å². The number of nitrogens with one attached hydrogen (secondary N) is 1. The summed E-state index contributed by atoms with van der Waals surface area (Å²) in [6.45, 7) is 0. The third kappa shape index (κ3) is 4.56. The largest absolute Gasteiger partial charge is 0.478 e. The number of aliphatic imine (C=N–C) groups is 1. The molecule has 2 aromatic carbocycles. The molecule has 32 heavy (non-hydrogen) atoms. The summed E-state index contributed by atoms with van der Waals surface area (Å²) < 4.78 is 5.71. The Morgan fingerprint density at radius 3 is 2.78 bits per heavy atom. The molecule has 1 aliphatic rings. The van der Waals surface area contributed by atoms with Crippen molar-refractivity contribution in [1.29, 1.82) is 0 Å². The van der Waals surface area contributed by atoms with Crippen LogP contribution in [0.1, 0.15) is 16.1 Å². The SMILES string of the molecule is O=C1NC(=Nc2ccc(Cl)c(C(=O)O)c2)S/C1=C\c1ccc(-c2cccc([N+](=O)[O-])c2)o1. The van der Waals surface area contributed by atoms with E-state index in [-0.39, 0.29) is 21.4 Å². The molecule has 0 unspecified atom stereocenters. The van der Waals surface area contributed by atoms with Gasteiger partial charge in [0.2, 0.25) is 0 Å². The first kappa shape index (κ1) is 21.3. The maximum atomic E-state index is 12.3. The van der Waals surface area contributed by atoms with Crippen LogP contribution in [0.15, 0.2) is 68.9 Å². The number of nitrogens with zero attached hydrogens (tertiary/aromatic N) is 2. The number of hydrogen-bond donors (Lipinski definition) is 2. The highest BCUT2D eigenvalue weighted by molar-refractivity contribution is 8.18. The lowest BCUT2D eigenvalue weighted by atomic mass is 10.1. The molecule has 11 heteroatoms. The average Bonchev–Trinajstić information content (AvgIpc) is 3.36. The van der Waals surface area contributed by atoms with Gasteiger partial charge in [-0.1, -0.05) is 23.7 Å². The van der Waals surface area contributed by atoms with Gasteiger partial charge in [-0.2, -0.15) is 0 Å². The molecule has 4 rings (SSSR count). The normalized spacial score (nSPS) is 15.8. The predicted molar refractivity (Wildman–Crippen MR) is 120 cm³/mol. The summed E-state index contributed by atoms with van der Waals surface area (Å²) in [4.78, 5) is 38.5. The summed E-state index contributed by atoms with van der Waals surface area (Å²) in [6.07, 6.45) is 1.52. The van der Waals surface area contributed by atoms with Crippen LogP contribution < -0.4 is 5.32 Å². The molecule has 1 aromatic heterocycles. The summed E-state index contributed by atoms with van der Waals surface area (Å²) in [5, 5.41) is 23.1. The molecule has 0 saturated carbocycles. The molecule has 2 N–H and O–H groups in total. The average molecular weight is 470 g/mol. The van der Waals surface area contributed by atoms with E-state index in [1.54, 1.807) is 24.3 Å². The molecular formula is C21H12ClN3O6S. The minimum atomic E-state index is -1.18. The van der Waals surface area contributed by atoms with Crippen LogP contribution >= 0.6 is 23.4 Å². The molecular weight excluding hydrogens is 458 g/mol. The Labute approximate surface area is 189 Å². The number of nitro groups is 1. The second-order valence-electron chi connectivity index (χ2n) is 6.46. The van der Waals surface area contributed by atoms with E-state index in [1.165, 1.54) is 36.4 Å². The van der Waals surface area contributed by atoms with Crippen molar-refractivity contribution in [2.75, 3.05) is 0 Å². The number of nitro benzene ring substituents is 1. The molecule has 0 bridgehead atoms. The van der Waals surface area contributed by atoms with Crippen LogP contribution in [0, 0.1) is 10.1 Å². The molecule has 1 aliphatic heterocycles. The van der Waals surface area contributed by atoms with E-state index in [0.717, 1.165) is 11.8 Å². The van der Waals surface area contributed by atoms with E-state index in [4.69, 9.17) is 21.1 Å². The van der Waals surface area contributed by atoms with Crippen molar-refractivity contribution in [2.45, 2.75) is 0 Å². The number of furan rings is 1. The zero-order valence-corrected chi connectivity index (χ0v) is 17.5. The van der Waals surface area contributed by atoms with E-state index < -0.39 is 16.8 Å². The fourth-order valence-corrected chi connectivity index (χ4v) is 3.85. The fraction of sp³-hybridized carbons (Fsp3) is 0. The topological polar surface area (TPSA) is 135 Å². The standard InChI is InChI=1S/C21H12ClN3O6S/c22-16-6-4-12(9-15(16)20(27)28)23-21-24-19(26)18(32-21)10-14-5-7-17(31-14)11-2-1-3-13(8-11)25(29)30/h1-10H,(H,27,28)(H,23,24,26)/b18-10-. The number of rotatable bonds is 5. The molecule has 3 aromatic rings. The van der Waals surface area contributed by atoms with Crippen LogP contribution in [-0.4, -0.2) is 27.1 Å². The Kier molecular flexibility index (Phi) is 5.80. The first-order valence-electron chi connectivity index (χ1n) is 8.97. The Balaban J connectivity index is 1.55. The number of halogens is 1. The Hall–Kier alpha value is -3.89. The van der Waals surface area contributed by atoms with Crippen molar-refractivity contribution < 1.29 is 24.0 Å². The number of carbonyl (C=O) groups excluding carboxylic acids is 1. The van der Waals surface area contributed by atoms with E-state index in [2.05, 4.69) is 10.3 Å². The second kappa shape index (κ2) is 8.69. The summed E-state index contributed by atoms with van der Waals surface area (Å²) in [6, 6.07) is 13.6. The molecule has 1 saturated heterocycles. The minimum absolute atomic E-state index is 0.0568. The maximum Gasteiger partial charge on any atom is 0.337 e. The van der Waals surface area contributed by atoms with Gasteiger partial charge in [0.15, 0.2) is 5.17 Å². The number of carboxylic acid groups (broad SMARTS) is 1. The zero-order valence-electron chi connectivity index (χ0n) is 15.9. The lowest BCUT2D eigenvalue weighted by Gasteiger charge is -2.01. The van der Waals surface area contributed by atoms with Crippen LogP contribution in [0.3, 0.4) is 0 Å². The predicted octanol–water partition coefficient (Wildman–Crippen LogP) is 5.10. The number of aromatic carboxylic acids is 1. The molecule has 0 atom stereocenters. The number of thioether (sulfide) groups is 1. The molecule has 160 valence electrons. The van der Waals surface area contributed by atoms with Crippen LogP contribution in [0.25, 0.3) is 17.4 Å². The summed E-state index contributed by atoms with van der Waals surface area (Å²) >= 11 is 6.92. The fourth-order valence-electron chi connectivity index (χ4n) is 2.83. The lowest BCUT2D eigenvalue weighted by molar-refractivity contribution is -0.384. The zero-order chi connectivity index (χ0) is 22.8. The monoisotopic (exact) mass is 469 g/mol. The molecule has 1 amide bonds. The van der Waals surface area contributed by atoms with Gasteiger partial charge < -0.3 is 14.8 Å². The Morgan fingerprint density at radius 1 is 1.22 bits per heavy atom. The molecule has 0 spiro atoms. The first-order chi connectivity index (χ1) is 15.3. The van der Waals surface area contributed by atoms with Gasteiger partial charge in [-0.15, -0.1) is 0 Å². The summed E-state index contributed by atoms with van der Waals surface area (Å²) in [5.41, 5.74) is 0.704. The number of hydrogen-bond acceptors (Lipinski definition) is 7. The van der Waals surface area contributed by atoms with Gasteiger partial charge in [0, 0.05) is 23.8 Å². The second-order valence-corrected chi connectivity index (χ2v) is 7.90. The highest BCUT2D eigenvalue weighted by Crippen LogP contribution is 2.31. The van der Waals surface area contributed by atoms with Gasteiger partial charge in [-0.05, 0) is 42.1 Å². The van der Waals surface area contributed by atoms with E-state index >= 15 is 0 Å². The van der Waals surface area contributed by atoms with Crippen molar-refractivity contribution in [3.8, 4) is 11.3 Å². The molecule has 0 aliphatic carbocycles. The van der Waals surface area contributed by atoms with Crippen molar-refractivity contribution in [1.82, 2.24) is 5.32 Å². The van der Waals surface area contributed by atoms with Gasteiger partial charge in [-0.25, -0.2) is 9.79 Å². The minimum Gasteiger partial charge on any atom is -0.478 e. The highest BCUT2D eigenvalue weighted by Gasteiger charge is 2.24. The smallest absolute Gasteiger partial charge is 0.337 e. The van der Waals surface area contributed by atoms with E-state index in [0.29, 0.717) is 27.7 Å². The number of amides is 1. The third-order valence-electron chi connectivity index (χ3n) is 4.30. The third-order valence-corrected chi connectivity index (χ3v) is 5.54. The molecule has 1 fully saturated rings. The number of carbonyl (C=O) groups is 2. The first-order valence-corrected chi connectivity index (χ1v) is 10.2. The Bertz CT molecular complexity index is 1330. The highest BCUT2D eigenvalue weighted by atomic mass is 35.5. The van der Waals surface area contributed by atoms with Crippen LogP contribution in [0.2, 0.25) is 5.02 Å². The summed E-state index contributed by atoms with van der Waals surface area (Å²) in [7, 11) is 0. The van der Waals surface area contributed by atoms with Gasteiger partial charge in [0.25, 0.3) is 11.6 Å². The number of non-ortho nitro benzene ring substituents is 1. The number of amidine groups is 1. The molecule has 0 radical (unpaired) electrons. The van der Waals surface area contributed by atoms with Gasteiger partial charge in [0.1, 0.15) is 11.5 Å².